The predicted octanol–water partition coefficient (Wildman–Crippen LogP) is 7.28. The van der Waals surface area contributed by atoms with Gasteiger partial charge in [0.05, 0.1) is 11.1 Å². The highest BCUT2D eigenvalue weighted by molar-refractivity contribution is 7.99. The van der Waals surface area contributed by atoms with Gasteiger partial charge in [0, 0.05) is 19.1 Å². The minimum Gasteiger partial charge on any atom is -0.444 e. The first-order chi connectivity index (χ1) is 16.5. The number of carbonyl (C=O) groups is 1. The molecule has 0 radical (unpaired) electrons. The normalized spacial score (nSPS) is 17.5. The SMILES string of the molecule is CC.CCCN(CC1CCC(C)c2nc(Cl)c(F)c3nc(SCC)nc(c23)N1)C(=O)OC(C)(C)C. The molecule has 0 saturated heterocycles. The fourth-order valence-corrected chi connectivity index (χ4v) is 4.67. The van der Waals surface area contributed by atoms with Gasteiger partial charge < -0.3 is 15.0 Å². The zero-order chi connectivity index (χ0) is 26.3. The van der Waals surface area contributed by atoms with E-state index >= 15 is 0 Å². The monoisotopic (exact) mass is 527 g/mol. The molecule has 1 aliphatic heterocycles. The molecule has 1 aliphatic rings. The zero-order valence-electron chi connectivity index (χ0n) is 22.2. The molecule has 0 fully saturated rings. The topological polar surface area (TPSA) is 80.2 Å². The number of rotatable bonds is 6. The molecule has 2 aromatic heterocycles. The number of amides is 1. The van der Waals surface area contributed by atoms with Crippen LogP contribution in [0.1, 0.15) is 86.3 Å². The Bertz CT molecular complexity index is 1020. The number of hydrogen-bond donors (Lipinski definition) is 1. The largest absolute Gasteiger partial charge is 0.444 e. The van der Waals surface area contributed by atoms with Crippen LogP contribution < -0.4 is 5.32 Å². The molecule has 0 saturated carbocycles. The second-order valence-electron chi connectivity index (χ2n) is 9.36. The van der Waals surface area contributed by atoms with Crippen molar-refractivity contribution in [3.8, 4) is 0 Å². The summed E-state index contributed by atoms with van der Waals surface area (Å²) < 4.78 is 20.6. The van der Waals surface area contributed by atoms with Crippen molar-refractivity contribution in [3.05, 3.63) is 16.7 Å². The molecule has 0 bridgehead atoms. The Morgan fingerprint density at radius 3 is 2.51 bits per heavy atom. The summed E-state index contributed by atoms with van der Waals surface area (Å²) in [7, 11) is 0. The maximum Gasteiger partial charge on any atom is 0.410 e. The molecular formula is C25H39ClFN5O2S. The number of ether oxygens (including phenoxy) is 1. The van der Waals surface area contributed by atoms with Gasteiger partial charge in [0.15, 0.2) is 16.1 Å². The highest BCUT2D eigenvalue weighted by atomic mass is 35.5. The van der Waals surface area contributed by atoms with Crippen molar-refractivity contribution in [1.29, 1.82) is 0 Å². The van der Waals surface area contributed by atoms with Gasteiger partial charge in [-0.15, -0.1) is 0 Å². The number of carbonyl (C=O) groups excluding carboxylic acids is 1. The first-order valence-corrected chi connectivity index (χ1v) is 13.8. The molecule has 196 valence electrons. The first-order valence-electron chi connectivity index (χ1n) is 12.5. The minimum absolute atomic E-state index is 0.0309. The van der Waals surface area contributed by atoms with E-state index in [4.69, 9.17) is 21.3 Å². The van der Waals surface area contributed by atoms with Crippen molar-refractivity contribution in [2.45, 2.75) is 97.4 Å². The lowest BCUT2D eigenvalue weighted by molar-refractivity contribution is 0.0240. The highest BCUT2D eigenvalue weighted by Gasteiger charge is 2.29. The van der Waals surface area contributed by atoms with Gasteiger partial charge in [-0.2, -0.15) is 0 Å². The van der Waals surface area contributed by atoms with E-state index in [0.29, 0.717) is 35.1 Å². The van der Waals surface area contributed by atoms with Crippen LogP contribution in [0.5, 0.6) is 0 Å². The summed E-state index contributed by atoms with van der Waals surface area (Å²) in [4.78, 5) is 28.0. The van der Waals surface area contributed by atoms with Crippen LogP contribution in [0.2, 0.25) is 5.15 Å². The van der Waals surface area contributed by atoms with Crippen LogP contribution in [0.4, 0.5) is 15.0 Å². The molecule has 0 spiro atoms. The summed E-state index contributed by atoms with van der Waals surface area (Å²) in [5.41, 5.74) is 0.310. The molecule has 2 aromatic rings. The number of anilines is 1. The third-order valence-electron chi connectivity index (χ3n) is 5.37. The van der Waals surface area contributed by atoms with E-state index in [1.165, 1.54) is 11.8 Å². The molecule has 3 heterocycles. The summed E-state index contributed by atoms with van der Waals surface area (Å²) in [6, 6.07) is -0.0871. The Kier molecular flexibility index (Phi) is 10.8. The van der Waals surface area contributed by atoms with Crippen LogP contribution in [-0.4, -0.2) is 56.4 Å². The van der Waals surface area contributed by atoms with Gasteiger partial charge in [0.25, 0.3) is 0 Å². The maximum atomic E-state index is 15.0. The van der Waals surface area contributed by atoms with E-state index in [-0.39, 0.29) is 28.7 Å². The molecule has 0 aliphatic carbocycles. The second-order valence-corrected chi connectivity index (χ2v) is 10.9. The van der Waals surface area contributed by atoms with Gasteiger partial charge in [-0.3, -0.25) is 0 Å². The second kappa shape index (κ2) is 12.9. The summed E-state index contributed by atoms with van der Waals surface area (Å²) in [5.74, 6) is 0.681. The van der Waals surface area contributed by atoms with Crippen molar-refractivity contribution in [2.24, 2.45) is 0 Å². The molecule has 1 amide bonds. The average molecular weight is 528 g/mol. The van der Waals surface area contributed by atoms with E-state index in [2.05, 4.69) is 22.2 Å². The van der Waals surface area contributed by atoms with Crippen molar-refractivity contribution in [1.82, 2.24) is 19.9 Å². The number of pyridine rings is 1. The van der Waals surface area contributed by atoms with Crippen LogP contribution in [0.15, 0.2) is 5.16 Å². The Balaban J connectivity index is 0.00000210. The maximum absolute atomic E-state index is 15.0. The molecule has 35 heavy (non-hydrogen) atoms. The molecule has 10 heteroatoms. The highest BCUT2D eigenvalue weighted by Crippen LogP contribution is 2.38. The number of hydrogen-bond acceptors (Lipinski definition) is 7. The van der Waals surface area contributed by atoms with Gasteiger partial charge in [-0.05, 0) is 51.7 Å². The Morgan fingerprint density at radius 2 is 1.91 bits per heavy atom. The number of nitrogens with one attached hydrogen (secondary N) is 1. The Labute approximate surface area is 218 Å². The van der Waals surface area contributed by atoms with Gasteiger partial charge >= 0.3 is 6.09 Å². The molecule has 2 atom stereocenters. The van der Waals surface area contributed by atoms with Gasteiger partial charge in [0.1, 0.15) is 16.9 Å². The Morgan fingerprint density at radius 1 is 1.23 bits per heavy atom. The third-order valence-corrected chi connectivity index (χ3v) is 6.35. The van der Waals surface area contributed by atoms with Gasteiger partial charge in [-0.25, -0.2) is 24.1 Å². The van der Waals surface area contributed by atoms with Crippen molar-refractivity contribution >= 4 is 46.2 Å². The average Bonchev–Trinajstić information content (AvgIpc) is 2.79. The van der Waals surface area contributed by atoms with E-state index in [0.717, 1.165) is 25.0 Å². The van der Waals surface area contributed by atoms with Crippen LogP contribution >= 0.6 is 23.4 Å². The van der Waals surface area contributed by atoms with Gasteiger partial charge in [-0.1, -0.05) is 58.0 Å². The third kappa shape index (κ3) is 7.56. The van der Waals surface area contributed by atoms with Crippen molar-refractivity contribution in [3.63, 3.8) is 0 Å². The number of halogens is 2. The summed E-state index contributed by atoms with van der Waals surface area (Å²) in [5, 5.41) is 4.34. The standard InChI is InChI=1S/C23H33ClFN5O2S.C2H6/c1-7-11-30(22(31)32-23(4,5)6)12-14-10-9-13(3)17-15-18(16(25)19(24)27-17)28-21(33-8-2)29-20(15)26-14;1-2/h13-14H,7-12H2,1-6H3,(H,26,28,29);1-2H3. The number of thioether (sulfide) groups is 1. The van der Waals surface area contributed by atoms with E-state index in [1.54, 1.807) is 4.90 Å². The summed E-state index contributed by atoms with van der Waals surface area (Å²) >= 11 is 7.56. The molecule has 0 aromatic carbocycles. The van der Waals surface area contributed by atoms with Gasteiger partial charge in [0.2, 0.25) is 0 Å². The Hall–Kier alpha value is -1.87. The lowest BCUT2D eigenvalue weighted by Crippen LogP contribution is -2.44. The van der Waals surface area contributed by atoms with E-state index in [9.17, 15) is 9.18 Å². The first kappa shape index (κ1) is 29.4. The fraction of sp³-hybridized carbons (Fsp3) is 0.680. The van der Waals surface area contributed by atoms with Crippen molar-refractivity contribution < 1.29 is 13.9 Å². The smallest absolute Gasteiger partial charge is 0.410 e. The van der Waals surface area contributed by atoms with E-state index in [1.807, 2.05) is 48.5 Å². The molecular weight excluding hydrogens is 489 g/mol. The number of aromatic nitrogens is 3. The molecule has 2 unspecified atom stereocenters. The van der Waals surface area contributed by atoms with Crippen LogP contribution in [0, 0.1) is 5.82 Å². The van der Waals surface area contributed by atoms with Crippen LogP contribution in [0.3, 0.4) is 0 Å². The summed E-state index contributed by atoms with van der Waals surface area (Å²) in [6.07, 6.45) is 2.05. The number of nitrogens with zero attached hydrogens (tertiary/aromatic N) is 4. The van der Waals surface area contributed by atoms with Crippen molar-refractivity contribution in [2.75, 3.05) is 24.2 Å². The lowest BCUT2D eigenvalue weighted by atomic mass is 9.93. The predicted molar refractivity (Wildman–Crippen MR) is 143 cm³/mol. The zero-order valence-corrected chi connectivity index (χ0v) is 23.7. The lowest BCUT2D eigenvalue weighted by Gasteiger charge is -2.32. The van der Waals surface area contributed by atoms with E-state index < -0.39 is 11.4 Å². The minimum atomic E-state index is -0.635. The summed E-state index contributed by atoms with van der Waals surface area (Å²) in [6.45, 7) is 16.7. The van der Waals surface area contributed by atoms with Crippen LogP contribution in [-0.2, 0) is 4.74 Å². The van der Waals surface area contributed by atoms with Crippen LogP contribution in [0.25, 0.3) is 10.9 Å². The quantitative estimate of drug-likeness (QED) is 0.240. The fourth-order valence-electron chi connectivity index (χ4n) is 3.91. The molecule has 3 rings (SSSR count). The molecule has 1 N–H and O–H groups in total. The molecule has 7 nitrogen and oxygen atoms in total.